The number of halogens is 2. The second kappa shape index (κ2) is 5.08. The summed E-state index contributed by atoms with van der Waals surface area (Å²) in [5.74, 6) is -0.381. The van der Waals surface area contributed by atoms with Crippen molar-refractivity contribution in [3.05, 3.63) is 52.1 Å². The van der Waals surface area contributed by atoms with Gasteiger partial charge >= 0.3 is 0 Å². The van der Waals surface area contributed by atoms with Gasteiger partial charge in [0.25, 0.3) is 0 Å². The lowest BCUT2D eigenvalue weighted by Gasteiger charge is -2.15. The zero-order valence-electron chi connectivity index (χ0n) is 10.2. The van der Waals surface area contributed by atoms with Crippen molar-refractivity contribution < 1.29 is 9.50 Å². The van der Waals surface area contributed by atoms with Gasteiger partial charge in [0.05, 0.1) is 16.9 Å². The van der Waals surface area contributed by atoms with Crippen molar-refractivity contribution in [1.82, 2.24) is 9.78 Å². The number of nitrogens with zero attached hydrogens (tertiary/aromatic N) is 2. The minimum atomic E-state index is -0.976. The van der Waals surface area contributed by atoms with Gasteiger partial charge in [-0.2, -0.15) is 5.10 Å². The molecule has 0 saturated heterocycles. The van der Waals surface area contributed by atoms with E-state index in [1.807, 2.05) is 13.8 Å². The van der Waals surface area contributed by atoms with E-state index >= 15 is 0 Å². The smallest absolute Gasteiger partial charge is 0.123 e. The maximum Gasteiger partial charge on any atom is 0.123 e. The Morgan fingerprint density at radius 3 is 2.89 bits per heavy atom. The van der Waals surface area contributed by atoms with Gasteiger partial charge < -0.3 is 5.11 Å². The number of rotatable bonds is 3. The number of aromatic nitrogens is 2. The van der Waals surface area contributed by atoms with E-state index in [1.165, 1.54) is 18.3 Å². The van der Waals surface area contributed by atoms with E-state index in [2.05, 4.69) is 5.10 Å². The van der Waals surface area contributed by atoms with Crippen LogP contribution in [0.4, 0.5) is 4.39 Å². The molecule has 18 heavy (non-hydrogen) atoms. The van der Waals surface area contributed by atoms with Crippen molar-refractivity contribution in [3.8, 4) is 0 Å². The molecule has 96 valence electrons. The highest BCUT2D eigenvalue weighted by Gasteiger charge is 2.21. The first-order valence-corrected chi connectivity index (χ1v) is 6.07. The van der Waals surface area contributed by atoms with Crippen LogP contribution >= 0.6 is 11.6 Å². The summed E-state index contributed by atoms with van der Waals surface area (Å²) in [6.45, 7) is 4.31. The first kappa shape index (κ1) is 13.1. The van der Waals surface area contributed by atoms with Gasteiger partial charge in [-0.1, -0.05) is 17.7 Å². The molecule has 0 aliphatic carbocycles. The first-order chi connectivity index (χ1) is 8.54. The first-order valence-electron chi connectivity index (χ1n) is 5.70. The Labute approximate surface area is 110 Å². The number of hydrogen-bond acceptors (Lipinski definition) is 2. The van der Waals surface area contributed by atoms with Gasteiger partial charge in [0.2, 0.25) is 0 Å². The predicted octanol–water partition coefficient (Wildman–Crippen LogP) is 3.09. The Bertz CT molecular complexity index is 568. The van der Waals surface area contributed by atoms with Gasteiger partial charge in [-0.3, -0.25) is 4.68 Å². The lowest BCUT2D eigenvalue weighted by Crippen LogP contribution is -2.11. The molecule has 3 nitrogen and oxygen atoms in total. The molecule has 1 aromatic heterocycles. The Balaban J connectivity index is 2.50. The molecular weight excluding hydrogens is 255 g/mol. The highest BCUT2D eigenvalue weighted by Crippen LogP contribution is 2.30. The van der Waals surface area contributed by atoms with Crippen LogP contribution in [0.5, 0.6) is 0 Å². The molecule has 2 rings (SSSR count). The minimum absolute atomic E-state index is 0.381. The van der Waals surface area contributed by atoms with E-state index in [0.717, 1.165) is 5.56 Å². The van der Waals surface area contributed by atoms with E-state index in [9.17, 15) is 9.50 Å². The van der Waals surface area contributed by atoms with Gasteiger partial charge in [-0.05, 0) is 37.1 Å². The Kier molecular flexibility index (Phi) is 3.68. The molecule has 0 aliphatic rings. The molecule has 0 fully saturated rings. The third-order valence-electron chi connectivity index (χ3n) is 2.93. The molecule has 0 bridgehead atoms. The van der Waals surface area contributed by atoms with Gasteiger partial charge in [0.15, 0.2) is 0 Å². The highest BCUT2D eigenvalue weighted by atomic mass is 35.5. The van der Waals surface area contributed by atoms with Crippen LogP contribution in [0.3, 0.4) is 0 Å². The molecule has 1 heterocycles. The van der Waals surface area contributed by atoms with Crippen molar-refractivity contribution >= 4 is 11.6 Å². The van der Waals surface area contributed by atoms with Crippen LogP contribution in [-0.2, 0) is 6.54 Å². The lowest BCUT2D eigenvalue weighted by atomic mass is 10.0. The Morgan fingerprint density at radius 2 is 2.22 bits per heavy atom. The van der Waals surface area contributed by atoms with Crippen molar-refractivity contribution in [2.24, 2.45) is 0 Å². The van der Waals surface area contributed by atoms with Crippen molar-refractivity contribution in [2.75, 3.05) is 0 Å². The van der Waals surface area contributed by atoms with E-state index in [4.69, 9.17) is 11.6 Å². The fourth-order valence-electron chi connectivity index (χ4n) is 1.95. The average Bonchev–Trinajstić information content (AvgIpc) is 2.72. The van der Waals surface area contributed by atoms with Crippen LogP contribution in [0.25, 0.3) is 0 Å². The molecule has 0 radical (unpaired) electrons. The maximum absolute atomic E-state index is 13.3. The molecule has 0 amide bonds. The van der Waals surface area contributed by atoms with E-state index in [0.29, 0.717) is 22.8 Å². The molecule has 0 saturated carbocycles. The largest absolute Gasteiger partial charge is 0.382 e. The summed E-state index contributed by atoms with van der Waals surface area (Å²) >= 11 is 6.02. The van der Waals surface area contributed by atoms with Gasteiger partial charge in [-0.15, -0.1) is 0 Å². The van der Waals surface area contributed by atoms with Gasteiger partial charge in [-0.25, -0.2) is 4.39 Å². The molecular formula is C13H14ClFN2O. The van der Waals surface area contributed by atoms with E-state index < -0.39 is 6.10 Å². The fraction of sp³-hybridized carbons (Fsp3) is 0.308. The third kappa shape index (κ3) is 2.26. The summed E-state index contributed by atoms with van der Waals surface area (Å²) in [5.41, 5.74) is 1.81. The maximum atomic E-state index is 13.3. The molecule has 0 aliphatic heterocycles. The molecule has 0 spiro atoms. The highest BCUT2D eigenvalue weighted by molar-refractivity contribution is 6.31. The molecule has 1 N–H and O–H groups in total. The number of aryl methyl sites for hydroxylation is 2. The normalized spacial score (nSPS) is 12.7. The summed E-state index contributed by atoms with van der Waals surface area (Å²) in [5, 5.41) is 14.8. The summed E-state index contributed by atoms with van der Waals surface area (Å²) in [6, 6.07) is 4.32. The summed E-state index contributed by atoms with van der Waals surface area (Å²) in [7, 11) is 0. The second-order valence-electron chi connectivity index (χ2n) is 4.10. The standard InChI is InChI=1S/C13H14ClFN2O/c1-3-17-12(11(14)7-16-17)13(18)10-6-9(15)5-4-8(10)2/h4-7,13,18H,3H2,1-2H3. The van der Waals surface area contributed by atoms with Gasteiger partial charge in [0.1, 0.15) is 11.9 Å². The quantitative estimate of drug-likeness (QED) is 0.929. The van der Waals surface area contributed by atoms with Crippen LogP contribution in [0.15, 0.2) is 24.4 Å². The Morgan fingerprint density at radius 1 is 1.50 bits per heavy atom. The SMILES string of the molecule is CCn1ncc(Cl)c1C(O)c1cc(F)ccc1C. The molecule has 1 atom stereocenters. The van der Waals surface area contributed by atoms with Crippen LogP contribution in [0.1, 0.15) is 29.8 Å². The zero-order valence-corrected chi connectivity index (χ0v) is 10.9. The monoisotopic (exact) mass is 268 g/mol. The van der Waals surface area contributed by atoms with Crippen molar-refractivity contribution in [2.45, 2.75) is 26.5 Å². The molecule has 5 heteroatoms. The lowest BCUT2D eigenvalue weighted by molar-refractivity contribution is 0.207. The van der Waals surface area contributed by atoms with Crippen LogP contribution < -0.4 is 0 Å². The third-order valence-corrected chi connectivity index (χ3v) is 3.22. The summed E-state index contributed by atoms with van der Waals surface area (Å²) < 4.78 is 14.9. The predicted molar refractivity (Wildman–Crippen MR) is 68.1 cm³/mol. The van der Waals surface area contributed by atoms with E-state index in [1.54, 1.807) is 10.7 Å². The molecule has 1 unspecified atom stereocenters. The number of aliphatic hydroxyl groups excluding tert-OH is 1. The zero-order chi connectivity index (χ0) is 13.3. The number of aliphatic hydroxyl groups is 1. The van der Waals surface area contributed by atoms with Crippen LogP contribution in [0, 0.1) is 12.7 Å². The topological polar surface area (TPSA) is 38.0 Å². The fourth-order valence-corrected chi connectivity index (χ4v) is 2.19. The average molecular weight is 269 g/mol. The van der Waals surface area contributed by atoms with Crippen LogP contribution in [0.2, 0.25) is 5.02 Å². The summed E-state index contributed by atoms with van der Waals surface area (Å²) in [6.07, 6.45) is 0.508. The van der Waals surface area contributed by atoms with E-state index in [-0.39, 0.29) is 5.82 Å². The number of benzene rings is 1. The van der Waals surface area contributed by atoms with Gasteiger partial charge in [0, 0.05) is 6.54 Å². The van der Waals surface area contributed by atoms with Crippen LogP contribution in [-0.4, -0.2) is 14.9 Å². The second-order valence-corrected chi connectivity index (χ2v) is 4.50. The minimum Gasteiger partial charge on any atom is -0.382 e. The molecule has 2 aromatic rings. The Hall–Kier alpha value is -1.39. The summed E-state index contributed by atoms with van der Waals surface area (Å²) in [4.78, 5) is 0. The van der Waals surface area contributed by atoms with Crippen molar-refractivity contribution in [1.29, 1.82) is 0 Å². The molecule has 1 aromatic carbocycles. The van der Waals surface area contributed by atoms with Crippen molar-refractivity contribution in [3.63, 3.8) is 0 Å². The number of hydrogen-bond donors (Lipinski definition) is 1.